The van der Waals surface area contributed by atoms with Gasteiger partial charge in [0.2, 0.25) is 5.88 Å². The Morgan fingerprint density at radius 2 is 2.12 bits per heavy atom. The van der Waals surface area contributed by atoms with E-state index in [1.807, 2.05) is 13.8 Å². The lowest BCUT2D eigenvalue weighted by Gasteiger charge is -2.08. The van der Waals surface area contributed by atoms with E-state index in [1.165, 1.54) is 6.20 Å². The van der Waals surface area contributed by atoms with E-state index in [2.05, 4.69) is 15.3 Å². The van der Waals surface area contributed by atoms with Gasteiger partial charge in [0.25, 0.3) is 6.43 Å². The fourth-order valence-corrected chi connectivity index (χ4v) is 0.998. The highest BCUT2D eigenvalue weighted by molar-refractivity contribution is 5.08. The lowest BCUT2D eigenvalue weighted by molar-refractivity contribution is 0.0792. The second kappa shape index (κ2) is 6.32. The maximum atomic E-state index is 11.9. The molecule has 0 aromatic carbocycles. The van der Waals surface area contributed by atoms with E-state index in [-0.39, 0.29) is 5.88 Å². The minimum Gasteiger partial charge on any atom is -0.470 e. The average Bonchev–Trinajstić information content (AvgIpc) is 2.24. The summed E-state index contributed by atoms with van der Waals surface area (Å²) in [5, 5.41) is 3.15. The van der Waals surface area contributed by atoms with E-state index in [1.54, 1.807) is 6.20 Å². The molecule has 0 aliphatic carbocycles. The van der Waals surface area contributed by atoms with Crippen LogP contribution in [-0.4, -0.2) is 29.0 Å². The Morgan fingerprint density at radius 1 is 1.38 bits per heavy atom. The van der Waals surface area contributed by atoms with E-state index in [0.717, 1.165) is 0 Å². The molecule has 1 N–H and O–H groups in total. The zero-order valence-corrected chi connectivity index (χ0v) is 9.28. The first-order chi connectivity index (χ1) is 7.58. The van der Waals surface area contributed by atoms with Crippen LogP contribution >= 0.6 is 0 Å². The maximum Gasteiger partial charge on any atom is 0.272 e. The Bertz CT molecular complexity index is 293. The smallest absolute Gasteiger partial charge is 0.272 e. The molecule has 0 aliphatic heterocycles. The van der Waals surface area contributed by atoms with Gasteiger partial charge in [0.15, 0.2) is 6.61 Å². The Labute approximate surface area is 93.1 Å². The van der Waals surface area contributed by atoms with Gasteiger partial charge in [0, 0.05) is 18.8 Å². The summed E-state index contributed by atoms with van der Waals surface area (Å²) in [7, 11) is 0. The van der Waals surface area contributed by atoms with Gasteiger partial charge in [-0.05, 0) is 0 Å². The molecule has 6 heteroatoms. The quantitative estimate of drug-likeness (QED) is 0.808. The van der Waals surface area contributed by atoms with Gasteiger partial charge in [-0.3, -0.25) is 4.98 Å². The van der Waals surface area contributed by atoms with Crippen molar-refractivity contribution in [2.75, 3.05) is 6.61 Å². The molecule has 0 amide bonds. The van der Waals surface area contributed by atoms with Crippen LogP contribution in [0.15, 0.2) is 12.4 Å². The molecule has 4 nitrogen and oxygen atoms in total. The average molecular weight is 231 g/mol. The largest absolute Gasteiger partial charge is 0.470 e. The van der Waals surface area contributed by atoms with Crippen molar-refractivity contribution in [1.82, 2.24) is 15.3 Å². The van der Waals surface area contributed by atoms with Crippen LogP contribution in [-0.2, 0) is 6.54 Å². The normalized spacial score (nSPS) is 11.1. The first kappa shape index (κ1) is 12.8. The highest BCUT2D eigenvalue weighted by Gasteiger charge is 2.05. The molecule has 0 saturated heterocycles. The van der Waals surface area contributed by atoms with E-state index in [4.69, 9.17) is 4.74 Å². The minimum absolute atomic E-state index is 0.128. The van der Waals surface area contributed by atoms with Gasteiger partial charge in [-0.2, -0.15) is 0 Å². The molecule has 0 saturated carbocycles. The third-order valence-electron chi connectivity index (χ3n) is 1.71. The van der Waals surface area contributed by atoms with Crippen molar-refractivity contribution >= 4 is 0 Å². The van der Waals surface area contributed by atoms with Crippen molar-refractivity contribution in [3.63, 3.8) is 0 Å². The molecule has 0 spiro atoms. The third-order valence-corrected chi connectivity index (χ3v) is 1.71. The summed E-state index contributed by atoms with van der Waals surface area (Å²) in [5.41, 5.74) is 0.667. The van der Waals surface area contributed by atoms with Gasteiger partial charge in [-0.15, -0.1) is 0 Å². The van der Waals surface area contributed by atoms with Crippen molar-refractivity contribution in [1.29, 1.82) is 0 Å². The predicted octanol–water partition coefficient (Wildman–Crippen LogP) is 1.62. The Morgan fingerprint density at radius 3 is 2.75 bits per heavy atom. The number of alkyl halides is 2. The van der Waals surface area contributed by atoms with Gasteiger partial charge in [0.05, 0.1) is 11.9 Å². The standard InChI is InChI=1S/C10H15F2N3O/c1-7(2)14-4-8-3-13-5-10(15-8)16-6-9(11)12/h3,5,7,9,14H,4,6H2,1-2H3. The summed E-state index contributed by atoms with van der Waals surface area (Å²) in [6.07, 6.45) is 0.394. The molecule has 1 aromatic heterocycles. The van der Waals surface area contributed by atoms with Crippen LogP contribution in [0.25, 0.3) is 0 Å². The van der Waals surface area contributed by atoms with Gasteiger partial charge < -0.3 is 10.1 Å². The van der Waals surface area contributed by atoms with Crippen molar-refractivity contribution < 1.29 is 13.5 Å². The number of nitrogens with zero attached hydrogens (tertiary/aromatic N) is 2. The molecule has 0 unspecified atom stereocenters. The molecule has 0 bridgehead atoms. The fraction of sp³-hybridized carbons (Fsp3) is 0.600. The van der Waals surface area contributed by atoms with Crippen LogP contribution in [0.3, 0.4) is 0 Å². The Hall–Kier alpha value is -1.30. The highest BCUT2D eigenvalue weighted by atomic mass is 19.3. The fourth-order valence-electron chi connectivity index (χ4n) is 0.998. The van der Waals surface area contributed by atoms with Crippen molar-refractivity contribution in [2.24, 2.45) is 0 Å². The summed E-state index contributed by atoms with van der Waals surface area (Å²) in [6.45, 7) is 3.89. The molecular formula is C10H15F2N3O. The van der Waals surface area contributed by atoms with Crippen LogP contribution in [0.5, 0.6) is 5.88 Å². The van der Waals surface area contributed by atoms with Crippen molar-refractivity contribution in [2.45, 2.75) is 32.9 Å². The minimum atomic E-state index is -2.50. The van der Waals surface area contributed by atoms with Crippen LogP contribution < -0.4 is 10.1 Å². The topological polar surface area (TPSA) is 47.0 Å². The zero-order chi connectivity index (χ0) is 12.0. The first-order valence-corrected chi connectivity index (χ1v) is 5.03. The number of nitrogens with one attached hydrogen (secondary N) is 1. The summed E-state index contributed by atoms with van der Waals surface area (Å²) in [6, 6.07) is 0.326. The second-order valence-electron chi connectivity index (χ2n) is 3.59. The molecule has 90 valence electrons. The van der Waals surface area contributed by atoms with Gasteiger partial charge in [-0.1, -0.05) is 13.8 Å². The molecule has 16 heavy (non-hydrogen) atoms. The Kier molecular flexibility index (Phi) is 5.04. The molecule has 0 fully saturated rings. The predicted molar refractivity (Wildman–Crippen MR) is 55.5 cm³/mol. The third kappa shape index (κ3) is 4.97. The van der Waals surface area contributed by atoms with Crippen molar-refractivity contribution in [3.05, 3.63) is 18.1 Å². The molecule has 1 rings (SSSR count). The lowest BCUT2D eigenvalue weighted by atomic mass is 10.3. The molecular weight excluding hydrogens is 216 g/mol. The van der Waals surface area contributed by atoms with Crippen LogP contribution in [0, 0.1) is 0 Å². The van der Waals surface area contributed by atoms with Crippen LogP contribution in [0.2, 0.25) is 0 Å². The van der Waals surface area contributed by atoms with E-state index < -0.39 is 13.0 Å². The number of hydrogen-bond acceptors (Lipinski definition) is 4. The summed E-state index contributed by atoms with van der Waals surface area (Å²) in [5.74, 6) is 0.128. The van der Waals surface area contributed by atoms with E-state index in [9.17, 15) is 8.78 Å². The first-order valence-electron chi connectivity index (χ1n) is 5.03. The monoisotopic (exact) mass is 231 g/mol. The number of ether oxygens (including phenoxy) is 1. The van der Waals surface area contributed by atoms with Gasteiger partial charge in [0.1, 0.15) is 0 Å². The maximum absolute atomic E-state index is 11.9. The number of halogens is 2. The van der Waals surface area contributed by atoms with Crippen molar-refractivity contribution in [3.8, 4) is 5.88 Å². The molecule has 1 aromatic rings. The number of hydrogen-bond donors (Lipinski definition) is 1. The highest BCUT2D eigenvalue weighted by Crippen LogP contribution is 2.06. The molecule has 0 radical (unpaired) electrons. The Balaban J connectivity index is 2.50. The second-order valence-corrected chi connectivity index (χ2v) is 3.59. The zero-order valence-electron chi connectivity index (χ0n) is 9.28. The number of rotatable bonds is 6. The van der Waals surface area contributed by atoms with Crippen LogP contribution in [0.4, 0.5) is 8.78 Å². The summed E-state index contributed by atoms with van der Waals surface area (Å²) >= 11 is 0. The number of aromatic nitrogens is 2. The SMILES string of the molecule is CC(C)NCc1cncc(OCC(F)F)n1. The van der Waals surface area contributed by atoms with Gasteiger partial charge >= 0.3 is 0 Å². The van der Waals surface area contributed by atoms with Gasteiger partial charge in [-0.25, -0.2) is 13.8 Å². The molecule has 0 aliphatic rings. The van der Waals surface area contributed by atoms with Crippen LogP contribution in [0.1, 0.15) is 19.5 Å². The van der Waals surface area contributed by atoms with E-state index in [0.29, 0.717) is 18.3 Å². The lowest BCUT2D eigenvalue weighted by Crippen LogP contribution is -2.22. The molecule has 1 heterocycles. The van der Waals surface area contributed by atoms with E-state index >= 15 is 0 Å². The summed E-state index contributed by atoms with van der Waals surface area (Å²) < 4.78 is 28.5. The molecule has 0 atom stereocenters. The summed E-state index contributed by atoms with van der Waals surface area (Å²) in [4.78, 5) is 7.90.